The summed E-state index contributed by atoms with van der Waals surface area (Å²) in [6.07, 6.45) is 2.00. The minimum atomic E-state index is -3.20. The first-order valence-corrected chi connectivity index (χ1v) is 10.7. The maximum atomic E-state index is 11.8. The molecule has 0 atom stereocenters. The van der Waals surface area contributed by atoms with Crippen LogP contribution in [0.2, 0.25) is 0 Å². The quantitative estimate of drug-likeness (QED) is 0.711. The summed E-state index contributed by atoms with van der Waals surface area (Å²) in [5.74, 6) is 0. The number of benzene rings is 1. The molecule has 1 aliphatic heterocycles. The van der Waals surface area contributed by atoms with Gasteiger partial charge in [0.25, 0.3) is 0 Å². The van der Waals surface area contributed by atoms with Gasteiger partial charge in [0.05, 0.1) is 22.5 Å². The van der Waals surface area contributed by atoms with E-state index in [1.807, 2.05) is 23.6 Å². The van der Waals surface area contributed by atoms with E-state index in [4.69, 9.17) is 4.98 Å². The molecule has 3 heterocycles. The summed E-state index contributed by atoms with van der Waals surface area (Å²) >= 11 is 3.32. The van der Waals surface area contributed by atoms with E-state index in [0.29, 0.717) is 6.54 Å². The lowest BCUT2D eigenvalue weighted by molar-refractivity contribution is 0.598. The molecule has 0 amide bonds. The summed E-state index contributed by atoms with van der Waals surface area (Å²) in [4.78, 5) is 5.89. The molecule has 1 aliphatic rings. The Balaban J connectivity index is 1.70. The predicted octanol–water partition coefficient (Wildman–Crippen LogP) is 3.86. The first kappa shape index (κ1) is 14.9. The summed E-state index contributed by atoms with van der Waals surface area (Å²) in [5, 5.41) is 5.12. The van der Waals surface area contributed by atoms with Gasteiger partial charge in [-0.2, -0.15) is 0 Å². The van der Waals surface area contributed by atoms with Crippen molar-refractivity contribution >= 4 is 38.4 Å². The zero-order chi connectivity index (χ0) is 16.0. The molecule has 7 heteroatoms. The first-order chi connectivity index (χ1) is 11.0. The number of aromatic nitrogens is 1. The Hall–Kier alpha value is -1.70. The summed E-state index contributed by atoms with van der Waals surface area (Å²) in [6.45, 7) is 0.523. The molecule has 0 aliphatic carbocycles. The van der Waals surface area contributed by atoms with Gasteiger partial charge in [-0.3, -0.25) is 4.31 Å². The second-order valence-corrected chi connectivity index (χ2v) is 9.16. The number of anilines is 1. The molecule has 2 aromatic heterocycles. The Kier molecular flexibility index (Phi) is 3.51. The van der Waals surface area contributed by atoms with Crippen LogP contribution in [0.1, 0.15) is 5.56 Å². The van der Waals surface area contributed by atoms with Crippen molar-refractivity contribution in [2.24, 2.45) is 0 Å². The average Bonchev–Trinajstić information content (AvgIpc) is 3.24. The van der Waals surface area contributed by atoms with Crippen LogP contribution in [0.4, 0.5) is 5.69 Å². The Morgan fingerprint density at radius 3 is 2.83 bits per heavy atom. The summed E-state index contributed by atoms with van der Waals surface area (Å²) < 4.78 is 25.1. The van der Waals surface area contributed by atoms with Crippen LogP contribution in [0.5, 0.6) is 0 Å². The van der Waals surface area contributed by atoms with Crippen molar-refractivity contribution in [3.8, 4) is 21.1 Å². The van der Waals surface area contributed by atoms with Crippen LogP contribution in [0.15, 0.2) is 41.1 Å². The van der Waals surface area contributed by atoms with Crippen LogP contribution in [0.25, 0.3) is 21.1 Å². The highest BCUT2D eigenvalue weighted by Crippen LogP contribution is 2.36. The minimum absolute atomic E-state index is 0.523. The van der Waals surface area contributed by atoms with Crippen molar-refractivity contribution < 1.29 is 8.42 Å². The van der Waals surface area contributed by atoms with Gasteiger partial charge in [0.15, 0.2) is 0 Å². The van der Waals surface area contributed by atoms with E-state index in [1.54, 1.807) is 22.7 Å². The second-order valence-electron chi connectivity index (χ2n) is 5.44. The van der Waals surface area contributed by atoms with Crippen molar-refractivity contribution in [2.45, 2.75) is 6.42 Å². The average molecular weight is 363 g/mol. The molecule has 118 valence electrons. The Morgan fingerprint density at radius 2 is 2.09 bits per heavy atom. The fourth-order valence-corrected chi connectivity index (χ4v) is 5.40. The van der Waals surface area contributed by atoms with Crippen molar-refractivity contribution in [1.29, 1.82) is 0 Å². The minimum Gasteiger partial charge on any atom is -0.270 e. The highest BCUT2D eigenvalue weighted by molar-refractivity contribution is 7.92. The third-order valence-corrected chi connectivity index (χ3v) is 6.93. The molecule has 0 unspecified atom stereocenters. The number of hydrogen-bond donors (Lipinski definition) is 0. The number of fused-ring (bicyclic) bond motifs is 1. The maximum absolute atomic E-state index is 11.8. The normalized spacial score (nSPS) is 14.2. The third kappa shape index (κ3) is 2.69. The Labute approximate surface area is 143 Å². The highest BCUT2D eigenvalue weighted by atomic mass is 32.2. The fraction of sp³-hybridized carbons (Fsp3) is 0.188. The summed E-state index contributed by atoms with van der Waals surface area (Å²) in [5.41, 5.74) is 3.85. The van der Waals surface area contributed by atoms with Crippen LogP contribution in [0.3, 0.4) is 0 Å². The lowest BCUT2D eigenvalue weighted by Gasteiger charge is -2.16. The van der Waals surface area contributed by atoms with E-state index in [1.165, 1.54) is 15.4 Å². The van der Waals surface area contributed by atoms with Gasteiger partial charge >= 0.3 is 0 Å². The van der Waals surface area contributed by atoms with E-state index in [9.17, 15) is 8.42 Å². The van der Waals surface area contributed by atoms with Gasteiger partial charge in [-0.25, -0.2) is 13.4 Å². The zero-order valence-electron chi connectivity index (χ0n) is 12.4. The Bertz CT molecular complexity index is 959. The first-order valence-electron chi connectivity index (χ1n) is 7.13. The Morgan fingerprint density at radius 1 is 1.22 bits per heavy atom. The van der Waals surface area contributed by atoms with Gasteiger partial charge in [0.1, 0.15) is 5.01 Å². The second kappa shape index (κ2) is 5.43. The standard InChI is InChI=1S/C16H14N2O2S3/c1-23(19,20)18-7-6-12-9-11(4-5-14(12)18)13-10-22-16(17-13)15-3-2-8-21-15/h2-5,8-10H,6-7H2,1H3. The zero-order valence-corrected chi connectivity index (χ0v) is 14.8. The summed E-state index contributed by atoms with van der Waals surface area (Å²) in [7, 11) is -3.20. The van der Waals surface area contributed by atoms with Crippen LogP contribution in [-0.2, 0) is 16.4 Å². The molecule has 0 fully saturated rings. The molecular formula is C16H14N2O2S3. The third-order valence-electron chi connectivity index (χ3n) is 3.86. The van der Waals surface area contributed by atoms with E-state index >= 15 is 0 Å². The van der Waals surface area contributed by atoms with Gasteiger partial charge in [0, 0.05) is 17.5 Å². The molecule has 4 nitrogen and oxygen atoms in total. The van der Waals surface area contributed by atoms with Crippen molar-refractivity contribution in [3.63, 3.8) is 0 Å². The SMILES string of the molecule is CS(=O)(=O)N1CCc2cc(-c3csc(-c4cccs4)n3)ccc21. The van der Waals surface area contributed by atoms with Gasteiger partial charge in [-0.05, 0) is 35.6 Å². The van der Waals surface area contributed by atoms with E-state index in [0.717, 1.165) is 33.9 Å². The highest BCUT2D eigenvalue weighted by Gasteiger charge is 2.26. The van der Waals surface area contributed by atoms with Crippen LogP contribution in [-0.4, -0.2) is 26.2 Å². The molecular weight excluding hydrogens is 348 g/mol. The number of hydrogen-bond acceptors (Lipinski definition) is 5. The van der Waals surface area contributed by atoms with Crippen LogP contribution < -0.4 is 4.31 Å². The van der Waals surface area contributed by atoms with E-state index in [-0.39, 0.29) is 0 Å². The van der Waals surface area contributed by atoms with Gasteiger partial charge in [-0.1, -0.05) is 12.1 Å². The largest absolute Gasteiger partial charge is 0.270 e. The molecule has 1 aromatic carbocycles. The van der Waals surface area contributed by atoms with Crippen LogP contribution in [0, 0.1) is 0 Å². The van der Waals surface area contributed by atoms with Gasteiger partial charge in [-0.15, -0.1) is 22.7 Å². The molecule has 0 radical (unpaired) electrons. The van der Waals surface area contributed by atoms with E-state index < -0.39 is 10.0 Å². The van der Waals surface area contributed by atoms with Crippen molar-refractivity contribution in [2.75, 3.05) is 17.1 Å². The lowest BCUT2D eigenvalue weighted by atomic mass is 10.1. The fourth-order valence-electron chi connectivity index (χ4n) is 2.80. The molecule has 4 rings (SSSR count). The number of sulfonamides is 1. The number of thiophene rings is 1. The summed E-state index contributed by atoms with van der Waals surface area (Å²) in [6, 6.07) is 10.0. The van der Waals surface area contributed by atoms with Crippen molar-refractivity contribution in [3.05, 3.63) is 46.7 Å². The monoisotopic (exact) mass is 362 g/mol. The molecule has 0 saturated heterocycles. The smallest absolute Gasteiger partial charge is 0.232 e. The molecule has 0 saturated carbocycles. The van der Waals surface area contributed by atoms with Crippen molar-refractivity contribution in [1.82, 2.24) is 4.98 Å². The molecule has 23 heavy (non-hydrogen) atoms. The number of rotatable bonds is 3. The van der Waals surface area contributed by atoms with E-state index in [2.05, 4.69) is 17.5 Å². The lowest BCUT2D eigenvalue weighted by Crippen LogP contribution is -2.27. The van der Waals surface area contributed by atoms with Crippen LogP contribution >= 0.6 is 22.7 Å². The molecule has 0 N–H and O–H groups in total. The number of thiazole rings is 1. The molecule has 0 spiro atoms. The maximum Gasteiger partial charge on any atom is 0.232 e. The predicted molar refractivity (Wildman–Crippen MR) is 96.8 cm³/mol. The van der Waals surface area contributed by atoms with Gasteiger partial charge < -0.3 is 0 Å². The topological polar surface area (TPSA) is 50.3 Å². The molecule has 0 bridgehead atoms. The van der Waals surface area contributed by atoms with Gasteiger partial charge in [0.2, 0.25) is 10.0 Å². The molecule has 3 aromatic rings. The number of nitrogens with zero attached hydrogens (tertiary/aromatic N) is 2.